The van der Waals surface area contributed by atoms with E-state index in [1.165, 1.54) is 0 Å². The van der Waals surface area contributed by atoms with Crippen LogP contribution in [0.15, 0.2) is 18.2 Å². The topological polar surface area (TPSA) is 53.3 Å². The fourth-order valence-corrected chi connectivity index (χ4v) is 1.76. The zero-order valence-corrected chi connectivity index (χ0v) is 11.2. The Kier molecular flexibility index (Phi) is 5.47. The molecule has 0 bridgehead atoms. The summed E-state index contributed by atoms with van der Waals surface area (Å²) in [6.45, 7) is 0.411. The van der Waals surface area contributed by atoms with Crippen molar-refractivity contribution < 1.29 is 9.53 Å². The average Bonchev–Trinajstić information content (AvgIpc) is 2.36. The van der Waals surface area contributed by atoms with Gasteiger partial charge in [-0.25, -0.2) is 0 Å². The van der Waals surface area contributed by atoms with Crippen molar-refractivity contribution in [2.75, 3.05) is 14.2 Å². The van der Waals surface area contributed by atoms with E-state index in [4.69, 9.17) is 21.6 Å². The molecular weight excluding hydrogens is 252 g/mol. The minimum Gasteiger partial charge on any atom is -0.496 e. The number of amides is 1. The lowest BCUT2D eigenvalue weighted by atomic mass is 10.2. The minimum absolute atomic E-state index is 0.0708. The molecule has 1 rings (SSSR count). The number of carbonyl (C=O) groups excluding carboxylic acids is 1. The third-order valence-electron chi connectivity index (χ3n) is 2.53. The predicted molar refractivity (Wildman–Crippen MR) is 69.3 cm³/mol. The van der Waals surface area contributed by atoms with Crippen molar-refractivity contribution in [1.29, 1.82) is 5.26 Å². The van der Waals surface area contributed by atoms with Gasteiger partial charge >= 0.3 is 0 Å². The third kappa shape index (κ3) is 3.94. The van der Waals surface area contributed by atoms with Gasteiger partial charge in [-0.1, -0.05) is 11.6 Å². The molecule has 0 radical (unpaired) electrons. The molecule has 0 aliphatic heterocycles. The quantitative estimate of drug-likeness (QED) is 0.823. The standard InChI is InChI=1S/C13H15ClN2O2/c1-16(13(17)4-3-7-15)9-10-8-11(14)5-6-12(10)18-2/h5-6,8H,3-4,9H2,1-2H3. The van der Waals surface area contributed by atoms with Gasteiger partial charge < -0.3 is 9.64 Å². The van der Waals surface area contributed by atoms with Gasteiger partial charge in [0.15, 0.2) is 0 Å². The van der Waals surface area contributed by atoms with Gasteiger partial charge in [0.25, 0.3) is 0 Å². The first-order valence-electron chi connectivity index (χ1n) is 5.51. The largest absolute Gasteiger partial charge is 0.496 e. The molecule has 0 aliphatic rings. The first kappa shape index (κ1) is 14.3. The molecule has 1 aromatic rings. The van der Waals surface area contributed by atoms with E-state index in [1.54, 1.807) is 37.3 Å². The number of rotatable bonds is 5. The van der Waals surface area contributed by atoms with Crippen LogP contribution in [-0.2, 0) is 11.3 Å². The maximum atomic E-state index is 11.7. The van der Waals surface area contributed by atoms with Crippen LogP contribution in [0.1, 0.15) is 18.4 Å². The molecule has 0 saturated carbocycles. The summed E-state index contributed by atoms with van der Waals surface area (Å²) in [6, 6.07) is 7.23. The zero-order chi connectivity index (χ0) is 13.5. The van der Waals surface area contributed by atoms with Crippen molar-refractivity contribution in [3.8, 4) is 11.8 Å². The zero-order valence-electron chi connectivity index (χ0n) is 10.4. The summed E-state index contributed by atoms with van der Waals surface area (Å²) in [6.07, 6.45) is 0.464. The van der Waals surface area contributed by atoms with Crippen LogP contribution in [-0.4, -0.2) is 25.0 Å². The lowest BCUT2D eigenvalue weighted by Crippen LogP contribution is -2.26. The van der Waals surface area contributed by atoms with E-state index in [9.17, 15) is 4.79 Å². The van der Waals surface area contributed by atoms with Crippen LogP contribution in [0.5, 0.6) is 5.75 Å². The summed E-state index contributed by atoms with van der Waals surface area (Å²) >= 11 is 5.92. The summed E-state index contributed by atoms with van der Waals surface area (Å²) in [5, 5.41) is 9.05. The van der Waals surface area contributed by atoms with Crippen LogP contribution in [0.2, 0.25) is 5.02 Å². The highest BCUT2D eigenvalue weighted by Crippen LogP contribution is 2.23. The predicted octanol–water partition coefficient (Wildman–Crippen LogP) is 2.61. The van der Waals surface area contributed by atoms with Crippen LogP contribution < -0.4 is 4.74 Å². The highest BCUT2D eigenvalue weighted by Gasteiger charge is 2.12. The molecule has 96 valence electrons. The molecule has 1 aromatic carbocycles. The Morgan fingerprint density at radius 3 is 2.89 bits per heavy atom. The number of halogens is 1. The molecule has 0 atom stereocenters. The molecule has 0 aromatic heterocycles. The maximum absolute atomic E-state index is 11.7. The van der Waals surface area contributed by atoms with Gasteiger partial charge in [0.1, 0.15) is 5.75 Å². The SMILES string of the molecule is COc1ccc(Cl)cc1CN(C)C(=O)CCC#N. The Labute approximate surface area is 112 Å². The van der Waals surface area contributed by atoms with Crippen molar-refractivity contribution in [3.05, 3.63) is 28.8 Å². The summed E-state index contributed by atoms with van der Waals surface area (Å²) < 4.78 is 5.21. The molecule has 1 amide bonds. The second kappa shape index (κ2) is 6.87. The average molecular weight is 267 g/mol. The van der Waals surface area contributed by atoms with E-state index in [0.29, 0.717) is 17.3 Å². The molecule has 0 heterocycles. The maximum Gasteiger partial charge on any atom is 0.223 e. The number of hydrogen-bond acceptors (Lipinski definition) is 3. The Hall–Kier alpha value is -1.73. The summed E-state index contributed by atoms with van der Waals surface area (Å²) in [5.74, 6) is 0.623. The van der Waals surface area contributed by atoms with Crippen molar-refractivity contribution in [3.63, 3.8) is 0 Å². The molecular formula is C13H15ClN2O2. The normalized spacial score (nSPS) is 9.67. The number of carbonyl (C=O) groups is 1. The highest BCUT2D eigenvalue weighted by atomic mass is 35.5. The molecule has 0 aliphatic carbocycles. The molecule has 5 heteroatoms. The van der Waals surface area contributed by atoms with Crippen molar-refractivity contribution in [2.45, 2.75) is 19.4 Å². The molecule has 0 unspecified atom stereocenters. The minimum atomic E-state index is -0.0708. The lowest BCUT2D eigenvalue weighted by molar-refractivity contribution is -0.130. The Bertz CT molecular complexity index is 469. The number of ether oxygens (including phenoxy) is 1. The van der Waals surface area contributed by atoms with E-state index in [2.05, 4.69) is 0 Å². The van der Waals surface area contributed by atoms with Crippen LogP contribution in [0.25, 0.3) is 0 Å². The van der Waals surface area contributed by atoms with Gasteiger partial charge in [-0.3, -0.25) is 4.79 Å². The van der Waals surface area contributed by atoms with Gasteiger partial charge in [0.2, 0.25) is 5.91 Å². The van der Waals surface area contributed by atoms with Gasteiger partial charge in [-0.05, 0) is 18.2 Å². The Morgan fingerprint density at radius 1 is 1.56 bits per heavy atom. The molecule has 0 N–H and O–H groups in total. The van der Waals surface area contributed by atoms with Crippen LogP contribution in [0, 0.1) is 11.3 Å². The van der Waals surface area contributed by atoms with Crippen molar-refractivity contribution in [1.82, 2.24) is 4.90 Å². The van der Waals surface area contributed by atoms with Gasteiger partial charge in [-0.2, -0.15) is 5.26 Å². The van der Waals surface area contributed by atoms with E-state index in [1.807, 2.05) is 6.07 Å². The number of hydrogen-bond donors (Lipinski definition) is 0. The van der Waals surface area contributed by atoms with Crippen molar-refractivity contribution in [2.24, 2.45) is 0 Å². The van der Waals surface area contributed by atoms with Crippen molar-refractivity contribution >= 4 is 17.5 Å². The molecule has 0 spiro atoms. The fourth-order valence-electron chi connectivity index (χ4n) is 1.57. The van der Waals surface area contributed by atoms with Crippen LogP contribution in [0.3, 0.4) is 0 Å². The number of benzene rings is 1. The first-order valence-corrected chi connectivity index (χ1v) is 5.89. The van der Waals surface area contributed by atoms with Gasteiger partial charge in [-0.15, -0.1) is 0 Å². The molecule has 18 heavy (non-hydrogen) atoms. The van der Waals surface area contributed by atoms with E-state index in [0.717, 1.165) is 5.56 Å². The Morgan fingerprint density at radius 2 is 2.28 bits per heavy atom. The summed E-state index contributed by atoms with van der Waals surface area (Å²) in [5.41, 5.74) is 0.845. The van der Waals surface area contributed by atoms with E-state index >= 15 is 0 Å². The van der Waals surface area contributed by atoms with Crippen LogP contribution >= 0.6 is 11.6 Å². The Balaban J connectivity index is 2.75. The lowest BCUT2D eigenvalue weighted by Gasteiger charge is -2.18. The monoisotopic (exact) mass is 266 g/mol. The smallest absolute Gasteiger partial charge is 0.223 e. The third-order valence-corrected chi connectivity index (χ3v) is 2.76. The highest BCUT2D eigenvalue weighted by molar-refractivity contribution is 6.30. The van der Waals surface area contributed by atoms with Gasteiger partial charge in [0.05, 0.1) is 13.2 Å². The fraction of sp³-hybridized carbons (Fsp3) is 0.385. The van der Waals surface area contributed by atoms with E-state index in [-0.39, 0.29) is 18.7 Å². The first-order chi connectivity index (χ1) is 8.58. The number of methoxy groups -OCH3 is 1. The second-order valence-electron chi connectivity index (χ2n) is 3.86. The van der Waals surface area contributed by atoms with E-state index < -0.39 is 0 Å². The molecule has 4 nitrogen and oxygen atoms in total. The summed E-state index contributed by atoms with van der Waals surface area (Å²) in [7, 11) is 3.27. The molecule has 0 fully saturated rings. The van der Waals surface area contributed by atoms with Crippen LogP contribution in [0.4, 0.5) is 0 Å². The number of nitrogens with zero attached hydrogens (tertiary/aromatic N) is 2. The molecule has 0 saturated heterocycles. The van der Waals surface area contributed by atoms with Gasteiger partial charge in [0, 0.05) is 37.0 Å². The second-order valence-corrected chi connectivity index (χ2v) is 4.30. The number of nitriles is 1. The summed E-state index contributed by atoms with van der Waals surface area (Å²) in [4.78, 5) is 13.3.